The van der Waals surface area contributed by atoms with Gasteiger partial charge in [0.25, 0.3) is 5.91 Å². The molecule has 0 fully saturated rings. The van der Waals surface area contributed by atoms with Crippen LogP contribution in [0.2, 0.25) is 0 Å². The van der Waals surface area contributed by atoms with E-state index in [9.17, 15) is 4.79 Å². The smallest absolute Gasteiger partial charge is 0.274 e. The Bertz CT molecular complexity index is 584. The number of halogens is 1. The third kappa shape index (κ3) is 4.19. The van der Waals surface area contributed by atoms with Gasteiger partial charge in [0.05, 0.1) is 11.9 Å². The summed E-state index contributed by atoms with van der Waals surface area (Å²) in [5, 5.41) is 6.06. The van der Waals surface area contributed by atoms with Crippen molar-refractivity contribution in [3.8, 4) is 0 Å². The van der Waals surface area contributed by atoms with Crippen molar-refractivity contribution >= 4 is 39.9 Å². The average Bonchev–Trinajstić information content (AvgIpc) is 2.45. The van der Waals surface area contributed by atoms with Crippen molar-refractivity contribution in [2.45, 2.75) is 13.3 Å². The third-order valence-electron chi connectivity index (χ3n) is 2.66. The van der Waals surface area contributed by atoms with Gasteiger partial charge in [-0.15, -0.1) is 0 Å². The van der Waals surface area contributed by atoms with Crippen LogP contribution in [0, 0.1) is 3.57 Å². The van der Waals surface area contributed by atoms with Gasteiger partial charge in [0, 0.05) is 15.8 Å². The summed E-state index contributed by atoms with van der Waals surface area (Å²) >= 11 is 2.21. The topological polar surface area (TPSA) is 54.0 Å². The molecule has 0 saturated carbocycles. The molecule has 0 radical (unpaired) electrons. The summed E-state index contributed by atoms with van der Waals surface area (Å²) in [4.78, 5) is 16.2. The molecule has 1 heterocycles. The molecule has 0 aliphatic rings. The molecule has 0 aliphatic carbocycles. The summed E-state index contributed by atoms with van der Waals surface area (Å²) in [7, 11) is 0. The van der Waals surface area contributed by atoms with E-state index in [0.29, 0.717) is 5.69 Å². The number of hydrogen-bond acceptors (Lipinski definition) is 3. The van der Waals surface area contributed by atoms with Crippen molar-refractivity contribution in [1.29, 1.82) is 0 Å². The minimum absolute atomic E-state index is 0.200. The summed E-state index contributed by atoms with van der Waals surface area (Å²) < 4.78 is 1.08. The van der Waals surface area contributed by atoms with Gasteiger partial charge in [-0.1, -0.05) is 13.0 Å². The summed E-state index contributed by atoms with van der Waals surface area (Å²) in [5.41, 5.74) is 2.11. The highest BCUT2D eigenvalue weighted by molar-refractivity contribution is 14.1. The Balaban J connectivity index is 2.02. The van der Waals surface area contributed by atoms with Crippen molar-refractivity contribution < 1.29 is 4.79 Å². The molecule has 0 aliphatic heterocycles. The number of benzene rings is 1. The summed E-state index contributed by atoms with van der Waals surface area (Å²) in [5.74, 6) is -0.200. The van der Waals surface area contributed by atoms with Crippen molar-refractivity contribution in [2.24, 2.45) is 0 Å². The number of anilines is 2. The summed E-state index contributed by atoms with van der Waals surface area (Å²) in [6, 6.07) is 11.2. The molecule has 1 aromatic heterocycles. The molecule has 0 bridgehead atoms. The van der Waals surface area contributed by atoms with Crippen molar-refractivity contribution in [1.82, 2.24) is 4.98 Å². The van der Waals surface area contributed by atoms with Crippen LogP contribution in [-0.2, 0) is 0 Å². The first-order valence-corrected chi connectivity index (χ1v) is 7.54. The van der Waals surface area contributed by atoms with Gasteiger partial charge in [-0.25, -0.2) is 4.98 Å². The predicted octanol–water partition coefficient (Wildman–Crippen LogP) is 3.76. The maximum atomic E-state index is 12.1. The van der Waals surface area contributed by atoms with Crippen LogP contribution in [0.15, 0.2) is 42.6 Å². The molecule has 0 unspecified atom stereocenters. The molecule has 0 saturated heterocycles. The molecule has 20 heavy (non-hydrogen) atoms. The number of nitrogens with one attached hydrogen (secondary N) is 2. The highest BCUT2D eigenvalue weighted by Gasteiger charge is 2.07. The minimum atomic E-state index is -0.200. The second-order valence-corrected chi connectivity index (χ2v) is 5.57. The number of carbonyl (C=O) groups excluding carboxylic acids is 1. The molecule has 1 amide bonds. The van der Waals surface area contributed by atoms with Gasteiger partial charge < -0.3 is 10.6 Å². The zero-order chi connectivity index (χ0) is 14.4. The van der Waals surface area contributed by atoms with Gasteiger partial charge >= 0.3 is 0 Å². The molecule has 2 N–H and O–H groups in total. The zero-order valence-corrected chi connectivity index (χ0v) is 13.3. The Kier molecular flexibility index (Phi) is 5.34. The van der Waals surface area contributed by atoms with Crippen LogP contribution in [0.3, 0.4) is 0 Å². The second kappa shape index (κ2) is 7.23. The monoisotopic (exact) mass is 381 g/mol. The van der Waals surface area contributed by atoms with Crippen LogP contribution in [0.4, 0.5) is 11.4 Å². The fourth-order valence-corrected chi connectivity index (χ4v) is 2.21. The van der Waals surface area contributed by atoms with E-state index in [4.69, 9.17) is 0 Å². The quantitative estimate of drug-likeness (QED) is 0.776. The Labute approximate surface area is 132 Å². The van der Waals surface area contributed by atoms with E-state index >= 15 is 0 Å². The largest absolute Gasteiger partial charge is 0.384 e. The number of pyridine rings is 1. The molecule has 0 spiro atoms. The Morgan fingerprint density at radius 1 is 1.25 bits per heavy atom. The van der Waals surface area contributed by atoms with Crippen LogP contribution in [-0.4, -0.2) is 17.4 Å². The number of nitrogens with zero attached hydrogens (tertiary/aromatic N) is 1. The average molecular weight is 381 g/mol. The van der Waals surface area contributed by atoms with Gasteiger partial charge in [-0.3, -0.25) is 4.79 Å². The van der Waals surface area contributed by atoms with Crippen LogP contribution in [0.5, 0.6) is 0 Å². The first-order chi connectivity index (χ1) is 9.69. The molecule has 5 heteroatoms. The molecule has 2 rings (SSSR count). The van der Waals surface area contributed by atoms with E-state index in [1.54, 1.807) is 12.3 Å². The summed E-state index contributed by atoms with van der Waals surface area (Å²) in [6.07, 6.45) is 2.73. The van der Waals surface area contributed by atoms with Gasteiger partial charge in [0.1, 0.15) is 5.69 Å². The fourth-order valence-electron chi connectivity index (χ4n) is 1.66. The lowest BCUT2D eigenvalue weighted by Crippen LogP contribution is -2.13. The van der Waals surface area contributed by atoms with Gasteiger partial charge in [-0.05, 0) is 59.3 Å². The SMILES string of the molecule is CCCNc1ccc(C(=O)Nc2cccc(I)c2)nc1. The zero-order valence-electron chi connectivity index (χ0n) is 11.2. The Morgan fingerprint density at radius 2 is 2.10 bits per heavy atom. The maximum absolute atomic E-state index is 12.1. The van der Waals surface area contributed by atoms with E-state index in [-0.39, 0.29) is 5.91 Å². The maximum Gasteiger partial charge on any atom is 0.274 e. The predicted molar refractivity (Wildman–Crippen MR) is 90.1 cm³/mol. The molecule has 1 aromatic carbocycles. The number of carbonyl (C=O) groups is 1. The van der Waals surface area contributed by atoms with Gasteiger partial charge in [-0.2, -0.15) is 0 Å². The van der Waals surface area contributed by atoms with E-state index in [0.717, 1.165) is 27.9 Å². The Morgan fingerprint density at radius 3 is 2.75 bits per heavy atom. The molecular weight excluding hydrogens is 365 g/mol. The molecule has 0 atom stereocenters. The molecule has 104 valence electrons. The molecule has 4 nitrogen and oxygen atoms in total. The van der Waals surface area contributed by atoms with E-state index in [1.807, 2.05) is 30.3 Å². The number of rotatable bonds is 5. The van der Waals surface area contributed by atoms with Crippen LogP contribution in [0.25, 0.3) is 0 Å². The number of aromatic nitrogens is 1. The van der Waals surface area contributed by atoms with Crippen LogP contribution in [0.1, 0.15) is 23.8 Å². The first-order valence-electron chi connectivity index (χ1n) is 6.46. The number of hydrogen-bond donors (Lipinski definition) is 2. The normalized spacial score (nSPS) is 10.1. The highest BCUT2D eigenvalue weighted by atomic mass is 127. The lowest BCUT2D eigenvalue weighted by atomic mass is 10.3. The lowest BCUT2D eigenvalue weighted by molar-refractivity contribution is 0.102. The highest BCUT2D eigenvalue weighted by Crippen LogP contribution is 2.14. The Hall–Kier alpha value is -1.63. The van der Waals surface area contributed by atoms with Crippen LogP contribution >= 0.6 is 22.6 Å². The molecule has 2 aromatic rings. The van der Waals surface area contributed by atoms with E-state index in [2.05, 4.69) is 45.1 Å². The minimum Gasteiger partial charge on any atom is -0.384 e. The first kappa shape index (κ1) is 14.8. The van der Waals surface area contributed by atoms with E-state index in [1.165, 1.54) is 0 Å². The van der Waals surface area contributed by atoms with Crippen molar-refractivity contribution in [3.05, 3.63) is 51.9 Å². The third-order valence-corrected chi connectivity index (χ3v) is 3.33. The van der Waals surface area contributed by atoms with Crippen LogP contribution < -0.4 is 10.6 Å². The van der Waals surface area contributed by atoms with Gasteiger partial charge in [0.2, 0.25) is 0 Å². The standard InChI is InChI=1S/C15H16IN3O/c1-2-8-17-13-6-7-14(18-10-13)15(20)19-12-5-3-4-11(16)9-12/h3-7,9-10,17H,2,8H2,1H3,(H,19,20). The summed E-state index contributed by atoms with van der Waals surface area (Å²) in [6.45, 7) is 3.00. The van der Waals surface area contributed by atoms with Crippen molar-refractivity contribution in [3.63, 3.8) is 0 Å². The van der Waals surface area contributed by atoms with E-state index < -0.39 is 0 Å². The molecular formula is C15H16IN3O. The van der Waals surface area contributed by atoms with Crippen molar-refractivity contribution in [2.75, 3.05) is 17.2 Å². The van der Waals surface area contributed by atoms with Gasteiger partial charge in [0.15, 0.2) is 0 Å². The number of amides is 1. The lowest BCUT2D eigenvalue weighted by Gasteiger charge is -2.07. The second-order valence-electron chi connectivity index (χ2n) is 4.32. The fraction of sp³-hybridized carbons (Fsp3) is 0.200.